The van der Waals surface area contributed by atoms with E-state index in [1.54, 1.807) is 24.3 Å². The molecule has 0 bridgehead atoms. The van der Waals surface area contributed by atoms with Crippen molar-refractivity contribution in [1.82, 2.24) is 9.80 Å². The van der Waals surface area contributed by atoms with Gasteiger partial charge in [-0.05, 0) is 75.6 Å². The largest absolute Gasteiger partial charge is 0.494 e. The summed E-state index contributed by atoms with van der Waals surface area (Å²) in [6.07, 6.45) is 0.729. The minimum absolute atomic E-state index is 0.0725. The Kier molecular flexibility index (Phi) is 7.51. The minimum Gasteiger partial charge on any atom is -0.494 e. The second-order valence-electron chi connectivity index (χ2n) is 9.05. The number of aryl methyl sites for hydroxylation is 2. The van der Waals surface area contributed by atoms with Crippen LogP contribution in [-0.2, 0) is 11.3 Å². The fourth-order valence-corrected chi connectivity index (χ4v) is 3.92. The number of carbonyl (C=O) groups excluding carboxylic acids is 1. The third-order valence-electron chi connectivity index (χ3n) is 6.11. The number of carbonyl (C=O) groups is 2. The molecule has 0 radical (unpaired) electrons. The lowest BCUT2D eigenvalue weighted by Gasteiger charge is -2.22. The van der Waals surface area contributed by atoms with E-state index in [0.717, 1.165) is 12.0 Å². The molecular formula is C26H34N2O5. The first-order valence-corrected chi connectivity index (χ1v) is 11.4. The molecule has 0 aliphatic carbocycles. The van der Waals surface area contributed by atoms with Crippen molar-refractivity contribution in [2.45, 2.75) is 59.2 Å². The van der Waals surface area contributed by atoms with E-state index in [0.29, 0.717) is 37.7 Å². The Bertz CT molecular complexity index is 987. The van der Waals surface area contributed by atoms with Crippen LogP contribution in [0.25, 0.3) is 0 Å². The summed E-state index contributed by atoms with van der Waals surface area (Å²) < 4.78 is 11.4. The van der Waals surface area contributed by atoms with Gasteiger partial charge in [0, 0.05) is 26.1 Å². The van der Waals surface area contributed by atoms with Crippen LogP contribution >= 0.6 is 0 Å². The van der Waals surface area contributed by atoms with Crippen LogP contribution in [0.5, 0.6) is 11.5 Å². The Morgan fingerprint density at radius 1 is 1.09 bits per heavy atom. The SMILES string of the molecule is CCN1C(=O)N(Cc2ccc(C)c(C)c2)CC1CCOc1ccc(OC(C)(C)C(=O)O)cc1. The molecule has 1 saturated heterocycles. The third-order valence-corrected chi connectivity index (χ3v) is 6.11. The summed E-state index contributed by atoms with van der Waals surface area (Å²) in [5.41, 5.74) is 2.33. The zero-order chi connectivity index (χ0) is 24.2. The Morgan fingerprint density at radius 2 is 1.76 bits per heavy atom. The van der Waals surface area contributed by atoms with Gasteiger partial charge in [-0.2, -0.15) is 0 Å². The van der Waals surface area contributed by atoms with Crippen LogP contribution in [-0.4, -0.2) is 58.2 Å². The topological polar surface area (TPSA) is 79.3 Å². The van der Waals surface area contributed by atoms with Gasteiger partial charge in [-0.25, -0.2) is 9.59 Å². The number of urea groups is 1. The summed E-state index contributed by atoms with van der Waals surface area (Å²) >= 11 is 0. The van der Waals surface area contributed by atoms with E-state index in [1.165, 1.54) is 25.0 Å². The van der Waals surface area contributed by atoms with Crippen molar-refractivity contribution < 1.29 is 24.2 Å². The molecule has 1 aliphatic heterocycles. The normalized spacial score (nSPS) is 16.3. The molecule has 33 heavy (non-hydrogen) atoms. The average molecular weight is 455 g/mol. The van der Waals surface area contributed by atoms with E-state index in [9.17, 15) is 14.7 Å². The van der Waals surface area contributed by atoms with Gasteiger partial charge in [0.1, 0.15) is 11.5 Å². The first-order valence-electron chi connectivity index (χ1n) is 11.4. The first-order chi connectivity index (χ1) is 15.6. The predicted octanol–water partition coefficient (Wildman–Crippen LogP) is 4.64. The number of hydrogen-bond acceptors (Lipinski definition) is 4. The van der Waals surface area contributed by atoms with Gasteiger partial charge in [0.05, 0.1) is 12.6 Å². The molecule has 1 heterocycles. The molecule has 2 aromatic carbocycles. The Labute approximate surface area is 195 Å². The van der Waals surface area contributed by atoms with Gasteiger partial charge in [0.2, 0.25) is 0 Å². The molecule has 1 N–H and O–H groups in total. The Morgan fingerprint density at radius 3 is 2.36 bits per heavy atom. The van der Waals surface area contributed by atoms with Crippen molar-refractivity contribution in [1.29, 1.82) is 0 Å². The van der Waals surface area contributed by atoms with E-state index >= 15 is 0 Å². The maximum Gasteiger partial charge on any atom is 0.347 e. The fourth-order valence-electron chi connectivity index (χ4n) is 3.92. The van der Waals surface area contributed by atoms with Crippen LogP contribution in [0, 0.1) is 13.8 Å². The average Bonchev–Trinajstić information content (AvgIpc) is 3.06. The number of carboxylic acid groups (broad SMARTS) is 1. The number of benzene rings is 2. The number of rotatable bonds is 10. The lowest BCUT2D eigenvalue weighted by atomic mass is 10.1. The van der Waals surface area contributed by atoms with Crippen LogP contribution in [0.3, 0.4) is 0 Å². The van der Waals surface area contributed by atoms with E-state index in [-0.39, 0.29) is 12.1 Å². The van der Waals surface area contributed by atoms with Gasteiger partial charge in [0.15, 0.2) is 5.60 Å². The number of amides is 2. The third kappa shape index (κ3) is 5.97. The van der Waals surface area contributed by atoms with Crippen molar-refractivity contribution in [3.63, 3.8) is 0 Å². The van der Waals surface area contributed by atoms with Crippen molar-refractivity contribution in [2.24, 2.45) is 0 Å². The van der Waals surface area contributed by atoms with Crippen LogP contribution in [0.15, 0.2) is 42.5 Å². The maximum absolute atomic E-state index is 12.9. The molecular weight excluding hydrogens is 420 g/mol. The number of ether oxygens (including phenoxy) is 2. The molecule has 1 fully saturated rings. The number of aliphatic carboxylic acids is 1. The van der Waals surface area contributed by atoms with Crippen molar-refractivity contribution in [3.05, 3.63) is 59.2 Å². The van der Waals surface area contributed by atoms with Gasteiger partial charge in [0.25, 0.3) is 0 Å². The number of carboxylic acids is 1. The molecule has 2 aromatic rings. The standard InChI is InChI=1S/C26H34N2O5/c1-6-28-21(17-27(25(28)31)16-20-8-7-18(2)19(3)15-20)13-14-32-22-9-11-23(12-10-22)33-26(4,5)24(29)30/h7-12,15,21H,6,13-14,16-17H2,1-5H3,(H,29,30). The molecule has 1 aliphatic rings. The smallest absolute Gasteiger partial charge is 0.347 e. The number of nitrogens with zero attached hydrogens (tertiary/aromatic N) is 2. The fraction of sp³-hybridized carbons (Fsp3) is 0.462. The van der Waals surface area contributed by atoms with Crippen molar-refractivity contribution in [3.8, 4) is 11.5 Å². The van der Waals surface area contributed by atoms with E-state index < -0.39 is 11.6 Å². The van der Waals surface area contributed by atoms with Crippen LogP contribution in [0.2, 0.25) is 0 Å². The highest BCUT2D eigenvalue weighted by molar-refractivity contribution is 5.77. The zero-order valence-corrected chi connectivity index (χ0v) is 20.1. The van der Waals surface area contributed by atoms with Crippen molar-refractivity contribution >= 4 is 12.0 Å². The lowest BCUT2D eigenvalue weighted by Crippen LogP contribution is -2.37. The lowest BCUT2D eigenvalue weighted by molar-refractivity contribution is -0.152. The van der Waals surface area contributed by atoms with Gasteiger partial charge >= 0.3 is 12.0 Å². The second kappa shape index (κ2) is 10.1. The van der Waals surface area contributed by atoms with E-state index in [2.05, 4.69) is 32.0 Å². The van der Waals surface area contributed by atoms with Gasteiger partial charge < -0.3 is 24.4 Å². The summed E-state index contributed by atoms with van der Waals surface area (Å²) in [5.74, 6) is 0.117. The highest BCUT2D eigenvalue weighted by Crippen LogP contribution is 2.24. The number of likely N-dealkylation sites (N-methyl/N-ethyl adjacent to an activating group) is 1. The highest BCUT2D eigenvalue weighted by Gasteiger charge is 2.35. The molecule has 7 heteroatoms. The van der Waals surface area contributed by atoms with Gasteiger partial charge in [-0.1, -0.05) is 18.2 Å². The molecule has 0 spiro atoms. The molecule has 0 saturated carbocycles. The quantitative estimate of drug-likeness (QED) is 0.566. The summed E-state index contributed by atoms with van der Waals surface area (Å²) in [6, 6.07) is 13.4. The molecule has 1 unspecified atom stereocenters. The molecule has 0 aromatic heterocycles. The molecule has 2 amide bonds. The van der Waals surface area contributed by atoms with E-state index in [4.69, 9.17) is 9.47 Å². The van der Waals surface area contributed by atoms with Crippen LogP contribution < -0.4 is 9.47 Å². The molecule has 3 rings (SSSR count). The summed E-state index contributed by atoms with van der Waals surface area (Å²) in [4.78, 5) is 27.9. The van der Waals surface area contributed by atoms with E-state index in [1.807, 2.05) is 16.7 Å². The predicted molar refractivity (Wildman–Crippen MR) is 127 cm³/mol. The molecule has 7 nitrogen and oxygen atoms in total. The van der Waals surface area contributed by atoms with Crippen molar-refractivity contribution in [2.75, 3.05) is 19.7 Å². The zero-order valence-electron chi connectivity index (χ0n) is 20.1. The van der Waals surface area contributed by atoms with Gasteiger partial charge in [-0.15, -0.1) is 0 Å². The second-order valence-corrected chi connectivity index (χ2v) is 9.05. The van der Waals surface area contributed by atoms with Gasteiger partial charge in [-0.3, -0.25) is 0 Å². The molecule has 1 atom stereocenters. The van der Waals surface area contributed by atoms with Crippen LogP contribution in [0.4, 0.5) is 4.79 Å². The molecule has 178 valence electrons. The maximum atomic E-state index is 12.9. The Balaban J connectivity index is 1.53. The Hall–Kier alpha value is -3.22. The summed E-state index contributed by atoms with van der Waals surface area (Å²) in [7, 11) is 0. The highest BCUT2D eigenvalue weighted by atomic mass is 16.5. The summed E-state index contributed by atoms with van der Waals surface area (Å²) in [6.45, 7) is 11.6. The first kappa shape index (κ1) is 24.4. The summed E-state index contributed by atoms with van der Waals surface area (Å²) in [5, 5.41) is 9.18. The minimum atomic E-state index is -1.30. The van der Waals surface area contributed by atoms with Crippen LogP contribution in [0.1, 0.15) is 43.9 Å². The monoisotopic (exact) mass is 454 g/mol. The number of hydrogen-bond donors (Lipinski definition) is 1.